The number of hydrogen-bond donors (Lipinski definition) is 1. The largest absolute Gasteiger partial charge is 0.301 e. The predicted molar refractivity (Wildman–Crippen MR) is 88.1 cm³/mol. The third-order valence-corrected chi connectivity index (χ3v) is 5.42. The van der Waals surface area contributed by atoms with Crippen LogP contribution in [0.1, 0.15) is 78.1 Å². The SMILES string of the molecule is CCN(CCCC(C#N)(CC)NC1CC1)C1CCCCC1. The van der Waals surface area contributed by atoms with Crippen molar-refractivity contribution in [1.82, 2.24) is 10.2 Å². The first-order chi connectivity index (χ1) is 10.2. The molecule has 0 amide bonds. The van der Waals surface area contributed by atoms with E-state index in [1.165, 1.54) is 44.9 Å². The van der Waals surface area contributed by atoms with Gasteiger partial charge in [-0.2, -0.15) is 5.26 Å². The smallest absolute Gasteiger partial charge is 0.106 e. The average Bonchev–Trinajstić information content (AvgIpc) is 3.35. The summed E-state index contributed by atoms with van der Waals surface area (Å²) in [7, 11) is 0. The summed E-state index contributed by atoms with van der Waals surface area (Å²) < 4.78 is 0. The minimum atomic E-state index is -0.271. The molecule has 0 bridgehead atoms. The van der Waals surface area contributed by atoms with Crippen LogP contribution in [0.2, 0.25) is 0 Å². The molecule has 1 unspecified atom stereocenters. The third-order valence-electron chi connectivity index (χ3n) is 5.42. The summed E-state index contributed by atoms with van der Waals surface area (Å²) in [6.07, 6.45) is 12.6. The summed E-state index contributed by atoms with van der Waals surface area (Å²) in [6, 6.07) is 4.00. The zero-order valence-electron chi connectivity index (χ0n) is 14.0. The van der Waals surface area contributed by atoms with E-state index in [0.717, 1.165) is 38.4 Å². The normalized spacial score (nSPS) is 23.0. The Bertz CT molecular complexity index is 339. The van der Waals surface area contributed by atoms with Crippen LogP contribution in [0.15, 0.2) is 0 Å². The molecular formula is C18H33N3. The van der Waals surface area contributed by atoms with E-state index in [9.17, 15) is 5.26 Å². The summed E-state index contributed by atoms with van der Waals surface area (Å²) in [5.74, 6) is 0. The molecular weight excluding hydrogens is 258 g/mol. The fraction of sp³-hybridized carbons (Fsp3) is 0.944. The molecule has 2 fully saturated rings. The van der Waals surface area contributed by atoms with Crippen LogP contribution < -0.4 is 5.32 Å². The molecule has 0 aromatic heterocycles. The summed E-state index contributed by atoms with van der Waals surface area (Å²) in [5, 5.41) is 13.2. The van der Waals surface area contributed by atoms with Crippen molar-refractivity contribution in [2.24, 2.45) is 0 Å². The van der Waals surface area contributed by atoms with Crippen molar-refractivity contribution >= 4 is 0 Å². The number of hydrogen-bond acceptors (Lipinski definition) is 3. The molecule has 0 aromatic carbocycles. The van der Waals surface area contributed by atoms with E-state index < -0.39 is 0 Å². The van der Waals surface area contributed by atoms with Gasteiger partial charge in [0.05, 0.1) is 6.07 Å². The van der Waals surface area contributed by atoms with Gasteiger partial charge in [-0.1, -0.05) is 33.1 Å². The van der Waals surface area contributed by atoms with Gasteiger partial charge in [-0.3, -0.25) is 5.32 Å². The van der Waals surface area contributed by atoms with Gasteiger partial charge in [0.2, 0.25) is 0 Å². The predicted octanol–water partition coefficient (Wildman–Crippen LogP) is 3.85. The lowest BCUT2D eigenvalue weighted by atomic mass is 9.90. The van der Waals surface area contributed by atoms with E-state index in [1.807, 2.05) is 0 Å². The van der Waals surface area contributed by atoms with E-state index >= 15 is 0 Å². The molecule has 0 radical (unpaired) electrons. The first-order valence-electron chi connectivity index (χ1n) is 9.16. The molecule has 0 spiro atoms. The molecule has 2 saturated carbocycles. The molecule has 120 valence electrons. The van der Waals surface area contributed by atoms with Crippen LogP contribution >= 0.6 is 0 Å². The van der Waals surface area contributed by atoms with Gasteiger partial charge in [0.1, 0.15) is 5.54 Å². The lowest BCUT2D eigenvalue weighted by Crippen LogP contribution is -2.45. The van der Waals surface area contributed by atoms with Crippen molar-refractivity contribution in [2.45, 2.75) is 95.7 Å². The van der Waals surface area contributed by atoms with Crippen molar-refractivity contribution in [1.29, 1.82) is 5.26 Å². The molecule has 21 heavy (non-hydrogen) atoms. The van der Waals surface area contributed by atoms with Crippen LogP contribution in [0.25, 0.3) is 0 Å². The number of nitrogens with one attached hydrogen (secondary N) is 1. The summed E-state index contributed by atoms with van der Waals surface area (Å²) in [5.41, 5.74) is -0.271. The van der Waals surface area contributed by atoms with Gasteiger partial charge < -0.3 is 4.90 Å². The molecule has 1 atom stereocenters. The molecule has 2 aliphatic carbocycles. The number of nitriles is 1. The highest BCUT2D eigenvalue weighted by atomic mass is 15.1. The Morgan fingerprint density at radius 3 is 2.38 bits per heavy atom. The average molecular weight is 291 g/mol. The van der Waals surface area contributed by atoms with Gasteiger partial charge in [-0.15, -0.1) is 0 Å². The second-order valence-corrected chi connectivity index (χ2v) is 6.99. The molecule has 0 saturated heterocycles. The highest BCUT2D eigenvalue weighted by Gasteiger charge is 2.34. The van der Waals surface area contributed by atoms with Gasteiger partial charge in [0.15, 0.2) is 0 Å². The van der Waals surface area contributed by atoms with E-state index in [1.54, 1.807) is 0 Å². The highest BCUT2D eigenvalue weighted by molar-refractivity contribution is 5.09. The zero-order valence-corrected chi connectivity index (χ0v) is 14.0. The summed E-state index contributed by atoms with van der Waals surface area (Å²) in [4.78, 5) is 2.66. The number of nitrogens with zero attached hydrogens (tertiary/aromatic N) is 2. The van der Waals surface area contributed by atoms with Crippen LogP contribution in [0.3, 0.4) is 0 Å². The highest BCUT2D eigenvalue weighted by Crippen LogP contribution is 2.27. The van der Waals surface area contributed by atoms with Crippen molar-refractivity contribution in [2.75, 3.05) is 13.1 Å². The van der Waals surface area contributed by atoms with E-state index in [2.05, 4.69) is 30.1 Å². The van der Waals surface area contributed by atoms with Crippen molar-refractivity contribution in [3.8, 4) is 6.07 Å². The van der Waals surface area contributed by atoms with E-state index in [-0.39, 0.29) is 5.54 Å². The van der Waals surface area contributed by atoms with Crippen LogP contribution in [-0.4, -0.2) is 35.6 Å². The van der Waals surface area contributed by atoms with Crippen molar-refractivity contribution in [3.05, 3.63) is 0 Å². The Morgan fingerprint density at radius 2 is 1.86 bits per heavy atom. The molecule has 0 heterocycles. The lowest BCUT2D eigenvalue weighted by Gasteiger charge is -2.34. The molecule has 2 rings (SSSR count). The Kier molecular flexibility index (Phi) is 6.51. The maximum Gasteiger partial charge on any atom is 0.106 e. The molecule has 3 heteroatoms. The van der Waals surface area contributed by atoms with Crippen molar-refractivity contribution < 1.29 is 0 Å². The van der Waals surface area contributed by atoms with Gasteiger partial charge in [-0.05, 0) is 58.0 Å². The van der Waals surface area contributed by atoms with Gasteiger partial charge >= 0.3 is 0 Å². The van der Waals surface area contributed by atoms with Crippen LogP contribution in [0, 0.1) is 11.3 Å². The molecule has 0 aromatic rings. The van der Waals surface area contributed by atoms with Gasteiger partial charge in [-0.25, -0.2) is 0 Å². The third kappa shape index (κ3) is 4.97. The van der Waals surface area contributed by atoms with Gasteiger partial charge in [0.25, 0.3) is 0 Å². The minimum Gasteiger partial charge on any atom is -0.301 e. The van der Waals surface area contributed by atoms with Gasteiger partial charge in [0, 0.05) is 12.1 Å². The fourth-order valence-electron chi connectivity index (χ4n) is 3.77. The molecule has 1 N–H and O–H groups in total. The van der Waals surface area contributed by atoms with Crippen LogP contribution in [-0.2, 0) is 0 Å². The quantitative estimate of drug-likeness (QED) is 0.701. The topological polar surface area (TPSA) is 39.1 Å². The Labute approximate surface area is 131 Å². The first kappa shape index (κ1) is 16.8. The fourth-order valence-corrected chi connectivity index (χ4v) is 3.77. The van der Waals surface area contributed by atoms with Crippen molar-refractivity contribution in [3.63, 3.8) is 0 Å². The Morgan fingerprint density at radius 1 is 1.14 bits per heavy atom. The summed E-state index contributed by atoms with van der Waals surface area (Å²) in [6.45, 7) is 6.76. The van der Waals surface area contributed by atoms with Crippen LogP contribution in [0.5, 0.6) is 0 Å². The Balaban J connectivity index is 1.78. The molecule has 0 aliphatic heterocycles. The monoisotopic (exact) mass is 291 g/mol. The lowest BCUT2D eigenvalue weighted by molar-refractivity contribution is 0.156. The summed E-state index contributed by atoms with van der Waals surface area (Å²) >= 11 is 0. The van der Waals surface area contributed by atoms with E-state index in [4.69, 9.17) is 0 Å². The Hall–Kier alpha value is -0.590. The number of rotatable bonds is 9. The van der Waals surface area contributed by atoms with Crippen LogP contribution in [0.4, 0.5) is 0 Å². The maximum atomic E-state index is 9.60. The molecule has 2 aliphatic rings. The minimum absolute atomic E-state index is 0.271. The second kappa shape index (κ2) is 8.15. The zero-order chi connectivity index (χ0) is 15.1. The standard InChI is InChI=1S/C18H33N3/c1-3-18(15-19,20-16-11-12-16)13-8-14-21(4-2)17-9-6-5-7-10-17/h16-17,20H,3-14H2,1-2H3. The maximum absolute atomic E-state index is 9.60. The first-order valence-corrected chi connectivity index (χ1v) is 9.16. The second-order valence-electron chi connectivity index (χ2n) is 6.99. The van der Waals surface area contributed by atoms with E-state index in [0.29, 0.717) is 6.04 Å². The molecule has 3 nitrogen and oxygen atoms in total.